The van der Waals surface area contributed by atoms with Gasteiger partial charge in [0.1, 0.15) is 0 Å². The summed E-state index contributed by atoms with van der Waals surface area (Å²) < 4.78 is 0. The predicted molar refractivity (Wildman–Crippen MR) is 67.5 cm³/mol. The zero-order valence-electron chi connectivity index (χ0n) is 9.26. The molecule has 2 rings (SSSR count). The van der Waals surface area contributed by atoms with Crippen molar-refractivity contribution >= 4 is 5.69 Å². The number of rotatable bonds is 3. The van der Waals surface area contributed by atoms with E-state index in [1.54, 1.807) is 0 Å². The summed E-state index contributed by atoms with van der Waals surface area (Å²) >= 11 is 0. The number of aryl methyl sites for hydroxylation is 2. The highest BCUT2D eigenvalue weighted by atomic mass is 14.6. The van der Waals surface area contributed by atoms with E-state index < -0.39 is 0 Å². The maximum absolute atomic E-state index is 5.63. The van der Waals surface area contributed by atoms with Gasteiger partial charge in [-0.3, -0.25) is 4.98 Å². The van der Waals surface area contributed by atoms with Crippen LogP contribution in [0.25, 0.3) is 0 Å². The van der Waals surface area contributed by atoms with E-state index in [9.17, 15) is 0 Å². The van der Waals surface area contributed by atoms with Gasteiger partial charge in [-0.1, -0.05) is 12.1 Å². The van der Waals surface area contributed by atoms with Crippen LogP contribution in [0, 0.1) is 0 Å². The minimum Gasteiger partial charge on any atom is -0.399 e. The molecule has 0 saturated carbocycles. The lowest BCUT2D eigenvalue weighted by Gasteiger charge is -2.02. The molecule has 3 heteroatoms. The van der Waals surface area contributed by atoms with Crippen molar-refractivity contribution in [1.82, 2.24) is 11.1 Å². The molecule has 0 aliphatic rings. The lowest BCUT2D eigenvalue weighted by atomic mass is 10.1. The quantitative estimate of drug-likeness (QED) is 0.773. The fourth-order valence-corrected chi connectivity index (χ4v) is 1.52. The Balaban J connectivity index is 0.00000128. The van der Waals surface area contributed by atoms with E-state index in [4.69, 9.17) is 5.73 Å². The Labute approximate surface area is 95.9 Å². The third kappa shape index (κ3) is 3.37. The van der Waals surface area contributed by atoms with Gasteiger partial charge in [-0.15, -0.1) is 0 Å². The van der Waals surface area contributed by atoms with Gasteiger partial charge in [-0.2, -0.15) is 0 Å². The summed E-state index contributed by atoms with van der Waals surface area (Å²) in [6.07, 6.45) is 5.76. The number of nitrogens with zero attached hydrogens (tertiary/aromatic N) is 1. The van der Waals surface area contributed by atoms with Crippen molar-refractivity contribution < 1.29 is 0 Å². The van der Waals surface area contributed by atoms with Crippen molar-refractivity contribution in [2.45, 2.75) is 12.8 Å². The summed E-state index contributed by atoms with van der Waals surface area (Å²) in [5.74, 6) is 0. The highest BCUT2D eigenvalue weighted by molar-refractivity contribution is 5.39. The van der Waals surface area contributed by atoms with Crippen LogP contribution in [0.2, 0.25) is 0 Å². The average molecular weight is 215 g/mol. The minimum atomic E-state index is 0. The van der Waals surface area contributed by atoms with Crippen molar-refractivity contribution in [3.8, 4) is 0 Å². The van der Waals surface area contributed by atoms with E-state index in [0.717, 1.165) is 18.5 Å². The molecule has 0 saturated heterocycles. The second-order valence-corrected chi connectivity index (χ2v) is 3.60. The lowest BCUT2D eigenvalue weighted by Crippen LogP contribution is -1.92. The monoisotopic (exact) mass is 215 g/mol. The second-order valence-electron chi connectivity index (χ2n) is 3.60. The Morgan fingerprint density at radius 1 is 0.812 bits per heavy atom. The van der Waals surface area contributed by atoms with E-state index in [1.807, 2.05) is 24.5 Å². The third-order valence-corrected chi connectivity index (χ3v) is 2.43. The molecule has 0 spiro atoms. The number of nitrogen functional groups attached to an aromatic ring is 1. The highest BCUT2D eigenvalue weighted by Gasteiger charge is 1.95. The summed E-state index contributed by atoms with van der Waals surface area (Å²) in [6, 6.07) is 12.2. The van der Waals surface area contributed by atoms with Crippen molar-refractivity contribution in [3.05, 3.63) is 59.9 Å². The van der Waals surface area contributed by atoms with Crippen LogP contribution in [-0.2, 0) is 12.8 Å². The molecule has 0 fully saturated rings. The maximum Gasteiger partial charge on any atom is 0.0314 e. The van der Waals surface area contributed by atoms with Crippen LogP contribution in [-0.4, -0.2) is 4.98 Å². The van der Waals surface area contributed by atoms with Crippen molar-refractivity contribution in [3.63, 3.8) is 0 Å². The first-order valence-corrected chi connectivity index (χ1v) is 5.08. The number of hydrogen-bond donors (Lipinski definition) is 2. The number of hydrogen-bond acceptors (Lipinski definition) is 3. The van der Waals surface area contributed by atoms with Crippen LogP contribution in [0.4, 0.5) is 5.69 Å². The molecule has 0 unspecified atom stereocenters. The van der Waals surface area contributed by atoms with Gasteiger partial charge < -0.3 is 11.9 Å². The molecule has 5 N–H and O–H groups in total. The summed E-state index contributed by atoms with van der Waals surface area (Å²) in [4.78, 5) is 4.00. The largest absolute Gasteiger partial charge is 0.399 e. The van der Waals surface area contributed by atoms with E-state index in [0.29, 0.717) is 0 Å². The minimum absolute atomic E-state index is 0. The zero-order chi connectivity index (χ0) is 10.5. The van der Waals surface area contributed by atoms with Gasteiger partial charge in [0.25, 0.3) is 0 Å². The Bertz CT molecular complexity index is 409. The van der Waals surface area contributed by atoms with Crippen LogP contribution in [0.15, 0.2) is 48.8 Å². The Kier molecular flexibility index (Phi) is 4.48. The molecular formula is C13H17N3. The average Bonchev–Trinajstić information content (AvgIpc) is 2.30. The summed E-state index contributed by atoms with van der Waals surface area (Å²) in [5, 5.41) is 0. The highest BCUT2D eigenvalue weighted by Crippen LogP contribution is 2.09. The molecule has 1 heterocycles. The molecule has 0 atom stereocenters. The number of nitrogens with two attached hydrogens (primary N) is 1. The predicted octanol–water partition coefficient (Wildman–Crippen LogP) is 2.61. The number of anilines is 1. The molecule has 84 valence electrons. The van der Waals surface area contributed by atoms with Crippen molar-refractivity contribution in [1.29, 1.82) is 0 Å². The van der Waals surface area contributed by atoms with Crippen LogP contribution in [0.1, 0.15) is 11.1 Å². The van der Waals surface area contributed by atoms with E-state index in [-0.39, 0.29) is 6.15 Å². The van der Waals surface area contributed by atoms with Gasteiger partial charge in [0, 0.05) is 18.1 Å². The summed E-state index contributed by atoms with van der Waals surface area (Å²) in [6.45, 7) is 0. The Morgan fingerprint density at radius 2 is 1.31 bits per heavy atom. The Morgan fingerprint density at radius 3 is 1.88 bits per heavy atom. The van der Waals surface area contributed by atoms with Gasteiger partial charge in [-0.05, 0) is 48.2 Å². The number of benzene rings is 1. The molecule has 0 aliphatic heterocycles. The molecule has 0 radical (unpaired) electrons. The second kappa shape index (κ2) is 5.88. The zero-order valence-corrected chi connectivity index (χ0v) is 9.26. The first kappa shape index (κ1) is 12.2. The standard InChI is InChI=1S/C13H14N2.H3N/c14-13-5-3-11(4-6-13)1-2-12-7-9-15-10-8-12;/h3-10H,1-2,14H2;1H3. The molecular weight excluding hydrogens is 198 g/mol. The first-order chi connectivity index (χ1) is 7.34. The topological polar surface area (TPSA) is 73.9 Å². The molecule has 0 bridgehead atoms. The van der Waals surface area contributed by atoms with Crippen molar-refractivity contribution in [2.75, 3.05) is 5.73 Å². The molecule has 0 amide bonds. The van der Waals surface area contributed by atoms with E-state index in [1.165, 1.54) is 11.1 Å². The molecule has 0 aliphatic carbocycles. The molecule has 16 heavy (non-hydrogen) atoms. The smallest absolute Gasteiger partial charge is 0.0314 e. The SMILES string of the molecule is N.Nc1ccc(CCc2ccncc2)cc1. The lowest BCUT2D eigenvalue weighted by molar-refractivity contribution is 0.956. The third-order valence-electron chi connectivity index (χ3n) is 2.43. The number of aromatic nitrogens is 1. The van der Waals surface area contributed by atoms with E-state index >= 15 is 0 Å². The normalized spacial score (nSPS) is 9.50. The summed E-state index contributed by atoms with van der Waals surface area (Å²) in [5.41, 5.74) is 9.09. The van der Waals surface area contributed by atoms with Crippen LogP contribution in [0.5, 0.6) is 0 Å². The van der Waals surface area contributed by atoms with Crippen LogP contribution in [0.3, 0.4) is 0 Å². The molecule has 1 aromatic carbocycles. The van der Waals surface area contributed by atoms with Gasteiger partial charge in [0.05, 0.1) is 0 Å². The summed E-state index contributed by atoms with van der Waals surface area (Å²) in [7, 11) is 0. The van der Waals surface area contributed by atoms with Gasteiger partial charge in [0.2, 0.25) is 0 Å². The van der Waals surface area contributed by atoms with Crippen LogP contribution >= 0.6 is 0 Å². The number of pyridine rings is 1. The molecule has 2 aromatic rings. The fourth-order valence-electron chi connectivity index (χ4n) is 1.52. The fraction of sp³-hybridized carbons (Fsp3) is 0.154. The van der Waals surface area contributed by atoms with Crippen molar-refractivity contribution in [2.24, 2.45) is 0 Å². The van der Waals surface area contributed by atoms with Crippen LogP contribution < -0.4 is 11.9 Å². The molecule has 3 nitrogen and oxygen atoms in total. The van der Waals surface area contributed by atoms with Gasteiger partial charge in [-0.25, -0.2) is 0 Å². The molecule has 1 aromatic heterocycles. The maximum atomic E-state index is 5.63. The first-order valence-electron chi connectivity index (χ1n) is 5.08. The van der Waals surface area contributed by atoms with E-state index in [2.05, 4.69) is 29.2 Å². The van der Waals surface area contributed by atoms with Gasteiger partial charge >= 0.3 is 0 Å². The Hall–Kier alpha value is -1.87. The van der Waals surface area contributed by atoms with Gasteiger partial charge in [0.15, 0.2) is 0 Å².